The van der Waals surface area contributed by atoms with Crippen molar-refractivity contribution in [1.29, 1.82) is 0 Å². The largest absolute Gasteiger partial charge is 0.416 e. The molecule has 1 saturated carbocycles. The highest BCUT2D eigenvalue weighted by atomic mass is 19.4. The average Bonchev–Trinajstić information content (AvgIpc) is 3.15. The lowest BCUT2D eigenvalue weighted by atomic mass is 9.71. The summed E-state index contributed by atoms with van der Waals surface area (Å²) in [6, 6.07) is 6.53. The Bertz CT molecular complexity index is 1020. The Balaban J connectivity index is 1.62. The fraction of sp³-hybridized carbons (Fsp3) is 0.333. The highest BCUT2D eigenvalue weighted by Crippen LogP contribution is 2.45. The maximum Gasteiger partial charge on any atom is 0.416 e. The number of halogens is 5. The van der Waals surface area contributed by atoms with E-state index in [0.717, 1.165) is 18.6 Å². The lowest BCUT2D eigenvalue weighted by molar-refractivity contribution is -0.137. The lowest BCUT2D eigenvalue weighted by Crippen LogP contribution is -2.42. The van der Waals surface area contributed by atoms with Crippen molar-refractivity contribution in [1.82, 2.24) is 20.2 Å². The quantitative estimate of drug-likeness (QED) is 0.597. The van der Waals surface area contributed by atoms with Crippen LogP contribution in [0.2, 0.25) is 0 Å². The van der Waals surface area contributed by atoms with Crippen LogP contribution in [0.4, 0.5) is 27.9 Å². The molecule has 0 unspecified atom stereocenters. The summed E-state index contributed by atoms with van der Waals surface area (Å²) in [5.41, 5.74) is -0.878. The Hall–Kier alpha value is -3.11. The highest BCUT2D eigenvalue weighted by molar-refractivity contribution is 5.50. The number of hydrogen-bond donors (Lipinski definition) is 1. The van der Waals surface area contributed by atoms with Gasteiger partial charge in [0, 0.05) is 6.20 Å². The molecular formula is C18H14F5N5O. The van der Waals surface area contributed by atoms with Crippen LogP contribution in [-0.2, 0) is 11.7 Å². The van der Waals surface area contributed by atoms with Crippen LogP contribution in [0.1, 0.15) is 42.7 Å². The van der Waals surface area contributed by atoms with Crippen molar-refractivity contribution in [3.8, 4) is 11.6 Å². The number of nitrogens with zero attached hydrogens (tertiary/aromatic N) is 4. The Morgan fingerprint density at radius 2 is 1.90 bits per heavy atom. The minimum absolute atomic E-state index is 0.122. The summed E-state index contributed by atoms with van der Waals surface area (Å²) < 4.78 is 69.4. The lowest BCUT2D eigenvalue weighted by Gasteiger charge is -2.43. The smallest absolute Gasteiger partial charge is 0.414 e. The van der Waals surface area contributed by atoms with E-state index in [2.05, 4.69) is 25.5 Å². The maximum absolute atomic E-state index is 13.1. The van der Waals surface area contributed by atoms with E-state index in [9.17, 15) is 22.0 Å². The topological polar surface area (TPSA) is 76.7 Å². The van der Waals surface area contributed by atoms with Crippen LogP contribution in [0.15, 0.2) is 40.9 Å². The molecule has 4 rings (SSSR count). The first-order chi connectivity index (χ1) is 13.8. The van der Waals surface area contributed by atoms with Gasteiger partial charge in [0.25, 0.3) is 11.8 Å². The van der Waals surface area contributed by atoms with Crippen molar-refractivity contribution < 1.29 is 26.4 Å². The van der Waals surface area contributed by atoms with Gasteiger partial charge >= 0.3 is 12.6 Å². The van der Waals surface area contributed by atoms with E-state index >= 15 is 0 Å². The van der Waals surface area contributed by atoms with Gasteiger partial charge in [0.2, 0.25) is 5.95 Å². The number of nitrogens with one attached hydrogen (secondary N) is 1. The van der Waals surface area contributed by atoms with Crippen LogP contribution in [0.5, 0.6) is 0 Å². The van der Waals surface area contributed by atoms with E-state index in [1.807, 2.05) is 0 Å². The van der Waals surface area contributed by atoms with Gasteiger partial charge in [-0.1, -0.05) is 12.1 Å². The van der Waals surface area contributed by atoms with E-state index in [1.165, 1.54) is 18.3 Å². The second kappa shape index (κ2) is 7.05. The van der Waals surface area contributed by atoms with Crippen LogP contribution in [0.25, 0.3) is 11.6 Å². The summed E-state index contributed by atoms with van der Waals surface area (Å²) in [6.07, 6.45) is -3.97. The molecule has 1 aromatic carbocycles. The molecule has 2 aromatic heterocycles. The minimum Gasteiger partial charge on any atom is -0.414 e. The monoisotopic (exact) mass is 411 g/mol. The standard InChI is InChI=1S/C18H14F5N5O/c19-13(20)15-28-27-14(29-15)12-5-8-24-16(25-12)26-17(6-2-7-17)10-3-1-4-11(9-10)18(21,22)23/h1,3-5,8-9,13H,2,6-7H2,(H,24,25,26). The first kappa shape index (κ1) is 19.2. The molecule has 1 aliphatic rings. The number of hydrogen-bond acceptors (Lipinski definition) is 6. The molecule has 0 aliphatic heterocycles. The Kier molecular flexibility index (Phi) is 4.67. The van der Waals surface area contributed by atoms with E-state index in [4.69, 9.17) is 4.42 Å². The number of aromatic nitrogens is 4. The normalized spacial score (nSPS) is 15.9. The van der Waals surface area contributed by atoms with Gasteiger partial charge < -0.3 is 9.73 Å². The van der Waals surface area contributed by atoms with Crippen molar-refractivity contribution in [2.75, 3.05) is 5.32 Å². The van der Waals surface area contributed by atoms with Crippen LogP contribution < -0.4 is 5.32 Å². The molecule has 1 fully saturated rings. The average molecular weight is 411 g/mol. The molecule has 0 saturated heterocycles. The molecule has 6 nitrogen and oxygen atoms in total. The summed E-state index contributed by atoms with van der Waals surface area (Å²) in [4.78, 5) is 8.28. The van der Waals surface area contributed by atoms with Gasteiger partial charge in [-0.25, -0.2) is 9.97 Å². The highest BCUT2D eigenvalue weighted by Gasteiger charge is 2.41. The van der Waals surface area contributed by atoms with Gasteiger partial charge in [-0.15, -0.1) is 10.2 Å². The van der Waals surface area contributed by atoms with Gasteiger partial charge in [-0.3, -0.25) is 0 Å². The summed E-state index contributed by atoms with van der Waals surface area (Å²) in [5.74, 6) is -0.906. The van der Waals surface area contributed by atoms with Crippen LogP contribution >= 0.6 is 0 Å². The fourth-order valence-electron chi connectivity index (χ4n) is 3.19. The molecule has 0 amide bonds. The molecule has 2 heterocycles. The van der Waals surface area contributed by atoms with Gasteiger partial charge in [-0.2, -0.15) is 22.0 Å². The Morgan fingerprint density at radius 3 is 2.52 bits per heavy atom. The number of alkyl halides is 5. The third-order valence-corrected chi connectivity index (χ3v) is 4.80. The minimum atomic E-state index is -4.45. The molecule has 0 spiro atoms. The van der Waals surface area contributed by atoms with Crippen LogP contribution in [0.3, 0.4) is 0 Å². The second-order valence-corrected chi connectivity index (χ2v) is 6.65. The van der Waals surface area contributed by atoms with Crippen molar-refractivity contribution in [2.45, 2.75) is 37.4 Å². The number of rotatable bonds is 5. The molecule has 152 valence electrons. The first-order valence-corrected chi connectivity index (χ1v) is 8.68. The predicted octanol–water partition coefficient (Wildman–Crippen LogP) is 4.97. The summed E-state index contributed by atoms with van der Waals surface area (Å²) >= 11 is 0. The molecule has 0 atom stereocenters. The van der Waals surface area contributed by atoms with E-state index in [1.54, 1.807) is 6.07 Å². The molecule has 11 heteroatoms. The van der Waals surface area contributed by atoms with E-state index < -0.39 is 29.6 Å². The van der Waals surface area contributed by atoms with E-state index in [0.29, 0.717) is 18.4 Å². The molecule has 1 N–H and O–H groups in total. The maximum atomic E-state index is 13.1. The van der Waals surface area contributed by atoms with Crippen molar-refractivity contribution in [3.63, 3.8) is 0 Å². The summed E-state index contributed by atoms with van der Waals surface area (Å²) in [5, 5.41) is 9.89. The van der Waals surface area contributed by atoms with Gasteiger partial charge in [0.05, 0.1) is 11.1 Å². The predicted molar refractivity (Wildman–Crippen MR) is 90.9 cm³/mol. The van der Waals surface area contributed by atoms with Crippen molar-refractivity contribution in [2.24, 2.45) is 0 Å². The number of benzene rings is 1. The zero-order valence-electron chi connectivity index (χ0n) is 14.7. The fourth-order valence-corrected chi connectivity index (χ4v) is 3.19. The number of anilines is 1. The van der Waals surface area contributed by atoms with Gasteiger partial charge in [0.15, 0.2) is 0 Å². The third-order valence-electron chi connectivity index (χ3n) is 4.80. The SMILES string of the molecule is FC(F)c1nnc(-c2ccnc(NC3(c4cccc(C(F)(F)F)c4)CCC3)n2)o1. The summed E-state index contributed by atoms with van der Waals surface area (Å²) in [7, 11) is 0. The van der Waals surface area contributed by atoms with Crippen molar-refractivity contribution >= 4 is 5.95 Å². The summed E-state index contributed by atoms with van der Waals surface area (Å²) in [6.45, 7) is 0. The Labute approximate surface area is 161 Å². The first-order valence-electron chi connectivity index (χ1n) is 8.68. The van der Waals surface area contributed by atoms with Gasteiger partial charge in [0.1, 0.15) is 5.69 Å². The molecule has 3 aromatic rings. The third kappa shape index (κ3) is 3.76. The molecular weight excluding hydrogens is 397 g/mol. The second-order valence-electron chi connectivity index (χ2n) is 6.65. The zero-order chi connectivity index (χ0) is 20.6. The van der Waals surface area contributed by atoms with Crippen LogP contribution in [0, 0.1) is 0 Å². The Morgan fingerprint density at radius 1 is 1.10 bits per heavy atom. The van der Waals surface area contributed by atoms with Crippen LogP contribution in [-0.4, -0.2) is 20.2 Å². The van der Waals surface area contributed by atoms with E-state index in [-0.39, 0.29) is 17.5 Å². The molecule has 0 radical (unpaired) electrons. The molecule has 0 bridgehead atoms. The van der Waals surface area contributed by atoms with Crippen molar-refractivity contribution in [3.05, 3.63) is 53.5 Å². The molecule has 1 aliphatic carbocycles. The zero-order valence-corrected chi connectivity index (χ0v) is 14.7. The molecule has 29 heavy (non-hydrogen) atoms. The van der Waals surface area contributed by atoms with Gasteiger partial charge in [-0.05, 0) is 43.0 Å².